The van der Waals surface area contributed by atoms with E-state index >= 15 is 0 Å². The molecule has 0 spiro atoms. The molecule has 4 aromatic rings. The fraction of sp³-hybridized carbons (Fsp3) is 0.227. The molecule has 8 nitrogen and oxygen atoms in total. The molecule has 2 aromatic carbocycles. The van der Waals surface area contributed by atoms with Crippen LogP contribution in [0, 0.1) is 0 Å². The summed E-state index contributed by atoms with van der Waals surface area (Å²) in [5.74, 6) is 2.68. The zero-order valence-electron chi connectivity index (χ0n) is 17.0. The SMILES string of the molecule is CC(Sc1nnc(C2CC2)n1-c1ccccc1)c1nc(N)nc(Nc2ccccc2)n1. The number of thioether (sulfide) groups is 1. The van der Waals surface area contributed by atoms with Crippen molar-refractivity contribution in [1.82, 2.24) is 29.7 Å². The Morgan fingerprint density at radius 2 is 1.68 bits per heavy atom. The summed E-state index contributed by atoms with van der Waals surface area (Å²) >= 11 is 1.56. The molecule has 31 heavy (non-hydrogen) atoms. The minimum Gasteiger partial charge on any atom is -0.368 e. The number of hydrogen-bond acceptors (Lipinski definition) is 8. The Labute approximate surface area is 184 Å². The predicted molar refractivity (Wildman–Crippen MR) is 122 cm³/mol. The number of nitrogens with zero attached hydrogens (tertiary/aromatic N) is 6. The van der Waals surface area contributed by atoms with E-state index in [2.05, 4.69) is 47.2 Å². The zero-order valence-corrected chi connectivity index (χ0v) is 17.8. The van der Waals surface area contributed by atoms with Gasteiger partial charge in [-0.15, -0.1) is 10.2 Å². The Bertz CT molecular complexity index is 1170. The van der Waals surface area contributed by atoms with E-state index in [9.17, 15) is 0 Å². The van der Waals surface area contributed by atoms with Gasteiger partial charge in [-0.05, 0) is 44.0 Å². The molecule has 3 N–H and O–H groups in total. The van der Waals surface area contributed by atoms with E-state index in [4.69, 9.17) is 5.73 Å². The molecule has 1 aliphatic carbocycles. The summed E-state index contributed by atoms with van der Waals surface area (Å²) < 4.78 is 2.15. The molecule has 1 saturated carbocycles. The summed E-state index contributed by atoms with van der Waals surface area (Å²) in [5, 5.41) is 12.9. The molecule has 0 bridgehead atoms. The number of nitrogens with one attached hydrogen (secondary N) is 1. The van der Waals surface area contributed by atoms with E-state index in [-0.39, 0.29) is 11.2 Å². The molecule has 1 aliphatic rings. The minimum absolute atomic E-state index is 0.0969. The first-order valence-corrected chi connectivity index (χ1v) is 11.1. The third-order valence-corrected chi connectivity index (χ3v) is 6.00. The average molecular weight is 431 g/mol. The number of aromatic nitrogens is 6. The van der Waals surface area contributed by atoms with Gasteiger partial charge in [0.1, 0.15) is 11.6 Å². The highest BCUT2D eigenvalue weighted by molar-refractivity contribution is 7.99. The van der Waals surface area contributed by atoms with E-state index in [1.807, 2.05) is 55.5 Å². The van der Waals surface area contributed by atoms with Gasteiger partial charge in [0.15, 0.2) is 5.16 Å². The second-order valence-electron chi connectivity index (χ2n) is 7.41. The molecule has 2 aromatic heterocycles. The van der Waals surface area contributed by atoms with Crippen molar-refractivity contribution in [3.63, 3.8) is 0 Å². The fourth-order valence-electron chi connectivity index (χ4n) is 3.29. The highest BCUT2D eigenvalue weighted by Crippen LogP contribution is 2.42. The van der Waals surface area contributed by atoms with Crippen LogP contribution in [0.4, 0.5) is 17.6 Å². The number of rotatable bonds is 7. The van der Waals surface area contributed by atoms with Crippen LogP contribution in [0.3, 0.4) is 0 Å². The van der Waals surface area contributed by atoms with E-state index in [1.165, 1.54) is 0 Å². The normalized spacial score (nSPS) is 14.4. The summed E-state index contributed by atoms with van der Waals surface area (Å²) in [6.07, 6.45) is 2.31. The van der Waals surface area contributed by atoms with E-state index in [1.54, 1.807) is 11.8 Å². The Kier molecular flexibility index (Phi) is 5.25. The first-order valence-electron chi connectivity index (χ1n) is 10.2. The van der Waals surface area contributed by atoms with Crippen LogP contribution in [-0.4, -0.2) is 29.7 Å². The van der Waals surface area contributed by atoms with Gasteiger partial charge >= 0.3 is 0 Å². The molecular formula is C22H22N8S. The lowest BCUT2D eigenvalue weighted by atomic mass is 10.3. The van der Waals surface area contributed by atoms with Gasteiger partial charge < -0.3 is 11.1 Å². The predicted octanol–water partition coefficient (Wildman–Crippen LogP) is 4.51. The van der Waals surface area contributed by atoms with Crippen molar-refractivity contribution in [3.8, 4) is 5.69 Å². The van der Waals surface area contributed by atoms with Gasteiger partial charge in [0.25, 0.3) is 0 Å². The molecule has 0 aliphatic heterocycles. The van der Waals surface area contributed by atoms with Crippen molar-refractivity contribution < 1.29 is 0 Å². The molecule has 2 heterocycles. The minimum atomic E-state index is -0.0969. The molecular weight excluding hydrogens is 408 g/mol. The van der Waals surface area contributed by atoms with Gasteiger partial charge in [-0.25, -0.2) is 0 Å². The number of hydrogen-bond donors (Lipinski definition) is 2. The van der Waals surface area contributed by atoms with Crippen molar-refractivity contribution in [2.45, 2.75) is 36.1 Å². The lowest BCUT2D eigenvalue weighted by Gasteiger charge is -2.14. The Morgan fingerprint density at radius 3 is 2.39 bits per heavy atom. The Morgan fingerprint density at radius 1 is 0.968 bits per heavy atom. The van der Waals surface area contributed by atoms with Crippen LogP contribution >= 0.6 is 11.8 Å². The molecule has 0 amide bonds. The van der Waals surface area contributed by atoms with Crippen molar-refractivity contribution in [2.75, 3.05) is 11.1 Å². The van der Waals surface area contributed by atoms with Crippen LogP contribution in [0.2, 0.25) is 0 Å². The molecule has 1 fully saturated rings. The van der Waals surface area contributed by atoms with E-state index in [0.717, 1.165) is 35.2 Å². The number of benzene rings is 2. The summed E-state index contributed by atoms with van der Waals surface area (Å²) in [6.45, 7) is 2.03. The largest absolute Gasteiger partial charge is 0.368 e. The van der Waals surface area contributed by atoms with Crippen LogP contribution in [0.15, 0.2) is 65.8 Å². The van der Waals surface area contributed by atoms with Crippen molar-refractivity contribution in [2.24, 2.45) is 0 Å². The van der Waals surface area contributed by atoms with Gasteiger partial charge in [0, 0.05) is 17.3 Å². The number of nitrogens with two attached hydrogens (primary N) is 1. The molecule has 0 radical (unpaired) electrons. The molecule has 1 atom stereocenters. The summed E-state index contributed by atoms with van der Waals surface area (Å²) in [5.41, 5.74) is 7.92. The number of nitrogen functional groups attached to an aromatic ring is 1. The topological polar surface area (TPSA) is 107 Å². The van der Waals surface area contributed by atoms with Gasteiger partial charge in [-0.2, -0.15) is 15.0 Å². The maximum Gasteiger partial charge on any atom is 0.232 e. The standard InChI is InChI=1S/C22H22N8S/c1-14(18-25-20(23)27-21(26-18)24-16-8-4-2-5-9-16)31-22-29-28-19(15-12-13-15)30(22)17-10-6-3-7-11-17/h2-11,14-15H,12-13H2,1H3,(H3,23,24,25,26,27). The van der Waals surface area contributed by atoms with Crippen molar-refractivity contribution >= 4 is 29.3 Å². The Balaban J connectivity index is 1.43. The molecule has 156 valence electrons. The van der Waals surface area contributed by atoms with Crippen LogP contribution < -0.4 is 11.1 Å². The van der Waals surface area contributed by atoms with E-state index < -0.39 is 0 Å². The highest BCUT2D eigenvalue weighted by Gasteiger charge is 2.31. The third kappa shape index (κ3) is 4.36. The maximum atomic E-state index is 5.97. The zero-order chi connectivity index (χ0) is 21.2. The number of anilines is 3. The van der Waals surface area contributed by atoms with Gasteiger partial charge in [0.2, 0.25) is 11.9 Å². The quantitative estimate of drug-likeness (QED) is 0.412. The van der Waals surface area contributed by atoms with Crippen molar-refractivity contribution in [3.05, 3.63) is 72.3 Å². The lowest BCUT2D eigenvalue weighted by molar-refractivity contribution is 0.821. The Hall–Kier alpha value is -3.46. The van der Waals surface area contributed by atoms with Crippen LogP contribution in [0.1, 0.15) is 42.6 Å². The summed E-state index contributed by atoms with van der Waals surface area (Å²) in [4.78, 5) is 13.2. The molecule has 0 saturated heterocycles. The highest BCUT2D eigenvalue weighted by atomic mass is 32.2. The van der Waals surface area contributed by atoms with Gasteiger partial charge in [-0.3, -0.25) is 4.57 Å². The van der Waals surface area contributed by atoms with E-state index in [0.29, 0.717) is 17.7 Å². The lowest BCUT2D eigenvalue weighted by Crippen LogP contribution is -2.09. The smallest absolute Gasteiger partial charge is 0.232 e. The van der Waals surface area contributed by atoms with Gasteiger partial charge in [0.05, 0.1) is 5.25 Å². The van der Waals surface area contributed by atoms with Crippen LogP contribution in [0.25, 0.3) is 5.69 Å². The van der Waals surface area contributed by atoms with Crippen molar-refractivity contribution in [1.29, 1.82) is 0 Å². The first-order chi connectivity index (χ1) is 15.2. The number of para-hydroxylation sites is 2. The fourth-order valence-corrected chi connectivity index (χ4v) is 4.21. The van der Waals surface area contributed by atoms with Crippen LogP contribution in [0.5, 0.6) is 0 Å². The average Bonchev–Trinajstić information content (AvgIpc) is 3.55. The monoisotopic (exact) mass is 430 g/mol. The molecule has 1 unspecified atom stereocenters. The van der Waals surface area contributed by atoms with Crippen LogP contribution in [-0.2, 0) is 0 Å². The maximum absolute atomic E-state index is 5.97. The second-order valence-corrected chi connectivity index (χ2v) is 8.72. The molecule has 5 rings (SSSR count). The molecule has 9 heteroatoms. The van der Waals surface area contributed by atoms with Gasteiger partial charge in [-0.1, -0.05) is 48.2 Å². The summed E-state index contributed by atoms with van der Waals surface area (Å²) in [6, 6.07) is 19.9. The third-order valence-electron chi connectivity index (χ3n) is 4.96. The first kappa shape index (κ1) is 19.5. The summed E-state index contributed by atoms with van der Waals surface area (Å²) in [7, 11) is 0. The second kappa shape index (κ2) is 8.35.